The van der Waals surface area contributed by atoms with E-state index >= 15 is 0 Å². The van der Waals surface area contributed by atoms with Crippen LogP contribution in [-0.4, -0.2) is 42.8 Å². The lowest BCUT2D eigenvalue weighted by molar-refractivity contribution is 0.374. The van der Waals surface area contributed by atoms with Crippen LogP contribution in [0.3, 0.4) is 0 Å². The minimum absolute atomic E-state index is 0.328. The van der Waals surface area contributed by atoms with Crippen molar-refractivity contribution in [1.29, 1.82) is 0 Å². The van der Waals surface area contributed by atoms with Crippen LogP contribution in [0.5, 0.6) is 0 Å². The summed E-state index contributed by atoms with van der Waals surface area (Å²) in [5.74, 6) is 1.66. The summed E-state index contributed by atoms with van der Waals surface area (Å²) in [7, 11) is 0. The number of aromatic nitrogens is 6. The molecule has 0 aliphatic carbocycles. The van der Waals surface area contributed by atoms with E-state index in [9.17, 15) is 0 Å². The Bertz CT molecular complexity index is 817. The lowest BCUT2D eigenvalue weighted by atomic mass is 10.1. The topological polar surface area (TPSA) is 72.6 Å². The molecule has 25 heavy (non-hydrogen) atoms. The summed E-state index contributed by atoms with van der Waals surface area (Å²) in [4.78, 5) is 20.3. The van der Waals surface area contributed by atoms with Gasteiger partial charge in [-0.3, -0.25) is 4.98 Å². The van der Waals surface area contributed by atoms with Crippen molar-refractivity contribution in [1.82, 2.24) is 29.7 Å². The first-order chi connectivity index (χ1) is 12.3. The van der Waals surface area contributed by atoms with Gasteiger partial charge in [0.2, 0.25) is 0 Å². The third-order valence-electron chi connectivity index (χ3n) is 4.55. The van der Waals surface area contributed by atoms with Gasteiger partial charge >= 0.3 is 0 Å². The molecule has 0 bridgehead atoms. The van der Waals surface area contributed by atoms with Crippen molar-refractivity contribution in [2.24, 2.45) is 0 Å². The predicted molar refractivity (Wildman–Crippen MR) is 95.1 cm³/mol. The molecule has 0 N–H and O–H groups in total. The van der Waals surface area contributed by atoms with E-state index in [0.29, 0.717) is 11.9 Å². The predicted octanol–water partition coefficient (Wildman–Crippen LogP) is 2.53. The highest BCUT2D eigenvalue weighted by molar-refractivity contribution is 5.54. The van der Waals surface area contributed by atoms with Crippen molar-refractivity contribution in [3.05, 3.63) is 48.8 Å². The molecule has 7 nitrogen and oxygen atoms in total. The number of pyridine rings is 1. The fourth-order valence-corrected chi connectivity index (χ4v) is 3.22. The van der Waals surface area contributed by atoms with Crippen LogP contribution in [0.4, 0.5) is 5.82 Å². The second kappa shape index (κ2) is 6.96. The Hall–Kier alpha value is -2.83. The summed E-state index contributed by atoms with van der Waals surface area (Å²) in [6.45, 7) is 3.99. The van der Waals surface area contributed by atoms with Crippen molar-refractivity contribution in [2.75, 3.05) is 18.0 Å². The largest absolute Gasteiger partial charge is 0.354 e. The fourth-order valence-electron chi connectivity index (χ4n) is 3.22. The minimum atomic E-state index is 0.328. The molecule has 1 aliphatic rings. The minimum Gasteiger partial charge on any atom is -0.354 e. The Morgan fingerprint density at radius 3 is 2.96 bits per heavy atom. The van der Waals surface area contributed by atoms with E-state index < -0.39 is 0 Å². The number of hydrogen-bond donors (Lipinski definition) is 0. The second-order valence-electron chi connectivity index (χ2n) is 6.23. The van der Waals surface area contributed by atoms with Crippen LogP contribution < -0.4 is 4.90 Å². The summed E-state index contributed by atoms with van der Waals surface area (Å²) in [6.07, 6.45) is 8.25. The SMILES string of the molecule is CCc1cc(N2CCCC(n3cncn3)C2)nc(-c2ccccn2)n1. The third kappa shape index (κ3) is 3.35. The van der Waals surface area contributed by atoms with Crippen molar-refractivity contribution < 1.29 is 0 Å². The van der Waals surface area contributed by atoms with Gasteiger partial charge in [-0.15, -0.1) is 0 Å². The van der Waals surface area contributed by atoms with E-state index in [1.54, 1.807) is 18.9 Å². The van der Waals surface area contributed by atoms with Gasteiger partial charge in [-0.05, 0) is 31.4 Å². The van der Waals surface area contributed by atoms with Gasteiger partial charge in [0.25, 0.3) is 0 Å². The number of hydrogen-bond acceptors (Lipinski definition) is 6. The highest BCUT2D eigenvalue weighted by atomic mass is 15.4. The molecule has 1 atom stereocenters. The maximum atomic E-state index is 4.80. The Morgan fingerprint density at radius 2 is 2.20 bits per heavy atom. The number of aryl methyl sites for hydroxylation is 1. The molecule has 1 aliphatic heterocycles. The third-order valence-corrected chi connectivity index (χ3v) is 4.55. The number of rotatable bonds is 4. The van der Waals surface area contributed by atoms with Gasteiger partial charge in [0.1, 0.15) is 24.2 Å². The Labute approximate surface area is 146 Å². The van der Waals surface area contributed by atoms with Crippen molar-refractivity contribution in [3.63, 3.8) is 0 Å². The highest BCUT2D eigenvalue weighted by Crippen LogP contribution is 2.26. The molecule has 3 aromatic heterocycles. The summed E-state index contributed by atoms with van der Waals surface area (Å²) in [6, 6.07) is 8.24. The van der Waals surface area contributed by atoms with Crippen molar-refractivity contribution >= 4 is 5.82 Å². The van der Waals surface area contributed by atoms with Crippen LogP contribution in [0.1, 0.15) is 31.5 Å². The second-order valence-corrected chi connectivity index (χ2v) is 6.23. The summed E-state index contributed by atoms with van der Waals surface area (Å²) in [5.41, 5.74) is 1.84. The summed E-state index contributed by atoms with van der Waals surface area (Å²) in [5, 5.41) is 4.30. The Balaban J connectivity index is 1.65. The smallest absolute Gasteiger partial charge is 0.180 e. The molecule has 7 heteroatoms. The van der Waals surface area contributed by atoms with E-state index in [4.69, 9.17) is 4.98 Å². The quantitative estimate of drug-likeness (QED) is 0.729. The molecule has 0 spiro atoms. The van der Waals surface area contributed by atoms with Crippen LogP contribution in [0.15, 0.2) is 43.1 Å². The Morgan fingerprint density at radius 1 is 1.24 bits per heavy atom. The average molecular weight is 335 g/mol. The van der Waals surface area contributed by atoms with Gasteiger partial charge in [-0.1, -0.05) is 13.0 Å². The van der Waals surface area contributed by atoms with E-state index in [2.05, 4.69) is 37.9 Å². The molecular weight excluding hydrogens is 314 g/mol. The van der Waals surface area contributed by atoms with Gasteiger partial charge in [-0.25, -0.2) is 19.6 Å². The molecule has 4 heterocycles. The molecule has 1 unspecified atom stereocenters. The molecule has 4 rings (SSSR count). The molecule has 3 aromatic rings. The maximum absolute atomic E-state index is 4.80. The van der Waals surface area contributed by atoms with Crippen LogP contribution >= 0.6 is 0 Å². The molecule has 0 amide bonds. The first-order valence-electron chi connectivity index (χ1n) is 8.72. The first-order valence-corrected chi connectivity index (χ1v) is 8.72. The summed E-state index contributed by atoms with van der Waals surface area (Å²) >= 11 is 0. The van der Waals surface area contributed by atoms with Gasteiger partial charge in [-0.2, -0.15) is 5.10 Å². The Kier molecular flexibility index (Phi) is 4.37. The van der Waals surface area contributed by atoms with Gasteiger partial charge in [0.15, 0.2) is 5.82 Å². The zero-order valence-electron chi connectivity index (χ0n) is 14.3. The molecule has 0 aromatic carbocycles. The van der Waals surface area contributed by atoms with Crippen LogP contribution in [-0.2, 0) is 6.42 Å². The van der Waals surface area contributed by atoms with E-state index in [-0.39, 0.29) is 0 Å². The maximum Gasteiger partial charge on any atom is 0.180 e. The number of nitrogens with zero attached hydrogens (tertiary/aromatic N) is 7. The van der Waals surface area contributed by atoms with Crippen molar-refractivity contribution in [2.45, 2.75) is 32.2 Å². The van der Waals surface area contributed by atoms with Crippen LogP contribution in [0.25, 0.3) is 11.5 Å². The van der Waals surface area contributed by atoms with E-state index in [0.717, 1.165) is 49.6 Å². The molecule has 1 fully saturated rings. The van der Waals surface area contributed by atoms with Gasteiger partial charge < -0.3 is 4.90 Å². The first kappa shape index (κ1) is 15.7. The summed E-state index contributed by atoms with van der Waals surface area (Å²) < 4.78 is 1.95. The molecule has 128 valence electrons. The molecule has 1 saturated heterocycles. The van der Waals surface area contributed by atoms with Crippen LogP contribution in [0.2, 0.25) is 0 Å². The highest BCUT2D eigenvalue weighted by Gasteiger charge is 2.23. The monoisotopic (exact) mass is 335 g/mol. The fraction of sp³-hybridized carbons (Fsp3) is 0.389. The standard InChI is InChI=1S/C18H21N7/c1-2-14-10-17(23-18(22-14)16-7-3-4-8-20-16)24-9-5-6-15(11-24)25-13-19-12-21-25/h3-4,7-8,10,12-13,15H,2,5-6,9,11H2,1H3. The zero-order chi connectivity index (χ0) is 17.1. The molecule has 0 saturated carbocycles. The number of anilines is 1. The van der Waals surface area contributed by atoms with E-state index in [1.165, 1.54) is 0 Å². The normalized spacial score (nSPS) is 17.6. The van der Waals surface area contributed by atoms with Crippen molar-refractivity contribution in [3.8, 4) is 11.5 Å². The number of piperidine rings is 1. The lowest BCUT2D eigenvalue weighted by Gasteiger charge is -2.33. The van der Waals surface area contributed by atoms with Gasteiger partial charge in [0.05, 0.1) is 6.04 Å². The van der Waals surface area contributed by atoms with Crippen LogP contribution in [0, 0.1) is 0 Å². The molecule has 0 radical (unpaired) electrons. The zero-order valence-corrected chi connectivity index (χ0v) is 14.3. The average Bonchev–Trinajstić information content (AvgIpc) is 3.23. The lowest BCUT2D eigenvalue weighted by Crippen LogP contribution is -2.37. The van der Waals surface area contributed by atoms with E-state index in [1.807, 2.05) is 22.9 Å². The van der Waals surface area contributed by atoms with Gasteiger partial charge in [0, 0.05) is 31.0 Å². The molecular formula is C18H21N7.